The van der Waals surface area contributed by atoms with Crippen molar-refractivity contribution in [3.63, 3.8) is 0 Å². The first-order valence-electron chi connectivity index (χ1n) is 6.69. The van der Waals surface area contributed by atoms with Gasteiger partial charge in [-0.05, 0) is 43.7 Å². The van der Waals surface area contributed by atoms with E-state index in [1.807, 2.05) is 12.1 Å². The lowest BCUT2D eigenvalue weighted by molar-refractivity contribution is 0.0625. The Morgan fingerprint density at radius 2 is 2.10 bits per heavy atom. The van der Waals surface area contributed by atoms with Gasteiger partial charge in [0.1, 0.15) is 0 Å². The van der Waals surface area contributed by atoms with E-state index in [1.165, 1.54) is 0 Å². The van der Waals surface area contributed by atoms with Crippen LogP contribution in [0.25, 0.3) is 11.5 Å². The van der Waals surface area contributed by atoms with Crippen molar-refractivity contribution < 1.29 is 9.52 Å². The summed E-state index contributed by atoms with van der Waals surface area (Å²) in [7, 11) is 0. The fourth-order valence-corrected chi connectivity index (χ4v) is 2.52. The molecule has 2 heterocycles. The number of likely N-dealkylation sites (tertiary alicyclic amines) is 1. The van der Waals surface area contributed by atoms with E-state index in [1.54, 1.807) is 12.1 Å². The van der Waals surface area contributed by atoms with Gasteiger partial charge >= 0.3 is 0 Å². The van der Waals surface area contributed by atoms with E-state index < -0.39 is 0 Å². The molecule has 0 aliphatic carbocycles. The molecule has 0 bridgehead atoms. The molecular formula is C14H16ClN3O2. The Bertz CT molecular complexity index is 570. The quantitative estimate of drug-likeness (QED) is 0.941. The molecule has 0 unspecified atom stereocenters. The van der Waals surface area contributed by atoms with Gasteiger partial charge in [-0.25, -0.2) is 0 Å². The summed E-state index contributed by atoms with van der Waals surface area (Å²) in [6.07, 6.45) is 1.62. The molecule has 1 fully saturated rings. The predicted molar refractivity (Wildman–Crippen MR) is 75.3 cm³/mol. The van der Waals surface area contributed by atoms with Crippen molar-refractivity contribution in [3.8, 4) is 11.5 Å². The van der Waals surface area contributed by atoms with E-state index in [0.717, 1.165) is 24.9 Å². The third-order valence-electron chi connectivity index (χ3n) is 3.40. The lowest BCUT2D eigenvalue weighted by Crippen LogP contribution is -2.37. The van der Waals surface area contributed by atoms with Crippen molar-refractivity contribution in [2.24, 2.45) is 0 Å². The zero-order chi connectivity index (χ0) is 13.9. The summed E-state index contributed by atoms with van der Waals surface area (Å²) >= 11 is 5.85. The fraction of sp³-hybridized carbons (Fsp3) is 0.429. The van der Waals surface area contributed by atoms with Gasteiger partial charge in [-0.3, -0.25) is 4.90 Å². The Kier molecular flexibility index (Phi) is 4.00. The first-order valence-corrected chi connectivity index (χ1v) is 7.07. The molecule has 0 spiro atoms. The second kappa shape index (κ2) is 5.91. The highest BCUT2D eigenvalue weighted by atomic mass is 35.5. The molecule has 0 amide bonds. The minimum absolute atomic E-state index is 0.248. The van der Waals surface area contributed by atoms with Crippen LogP contribution in [0.2, 0.25) is 5.02 Å². The highest BCUT2D eigenvalue weighted by Crippen LogP contribution is 2.21. The van der Waals surface area contributed by atoms with Crippen LogP contribution in [-0.2, 0) is 6.54 Å². The Hall–Kier alpha value is -1.43. The van der Waals surface area contributed by atoms with Crippen LogP contribution < -0.4 is 0 Å². The van der Waals surface area contributed by atoms with Crippen molar-refractivity contribution in [3.05, 3.63) is 35.2 Å². The zero-order valence-electron chi connectivity index (χ0n) is 11.0. The smallest absolute Gasteiger partial charge is 0.247 e. The maximum absolute atomic E-state index is 9.65. The fourth-order valence-electron chi connectivity index (χ4n) is 2.39. The molecule has 20 heavy (non-hydrogen) atoms. The standard InChI is InChI=1S/C14H16ClN3O2/c15-11-5-3-10(4-6-11)14-17-16-13(20-14)9-18-7-1-2-12(19)8-18/h3-6,12,19H,1-2,7-9H2/t12-/m0/s1. The molecule has 3 rings (SSSR count). The second-order valence-electron chi connectivity index (χ2n) is 5.04. The van der Waals surface area contributed by atoms with Crippen LogP contribution in [0.1, 0.15) is 18.7 Å². The van der Waals surface area contributed by atoms with Crippen molar-refractivity contribution in [2.75, 3.05) is 13.1 Å². The Morgan fingerprint density at radius 1 is 1.30 bits per heavy atom. The summed E-state index contributed by atoms with van der Waals surface area (Å²) in [6.45, 7) is 2.20. The topological polar surface area (TPSA) is 62.4 Å². The monoisotopic (exact) mass is 293 g/mol. The summed E-state index contributed by atoms with van der Waals surface area (Å²) in [6, 6.07) is 7.29. The number of piperidine rings is 1. The lowest BCUT2D eigenvalue weighted by atomic mass is 10.1. The maximum atomic E-state index is 9.65. The molecule has 0 saturated carbocycles. The maximum Gasteiger partial charge on any atom is 0.247 e. The summed E-state index contributed by atoms with van der Waals surface area (Å²) in [4.78, 5) is 2.13. The molecule has 1 saturated heterocycles. The van der Waals surface area contributed by atoms with Gasteiger partial charge in [0, 0.05) is 17.1 Å². The van der Waals surface area contributed by atoms with Crippen molar-refractivity contribution >= 4 is 11.6 Å². The number of aliphatic hydroxyl groups is 1. The Balaban J connectivity index is 1.69. The number of hydrogen-bond donors (Lipinski definition) is 1. The van der Waals surface area contributed by atoms with Crippen molar-refractivity contribution in [1.82, 2.24) is 15.1 Å². The van der Waals surface area contributed by atoms with Gasteiger partial charge in [0.25, 0.3) is 0 Å². The number of rotatable bonds is 3. The van der Waals surface area contributed by atoms with Gasteiger partial charge in [0.05, 0.1) is 12.6 Å². The molecule has 1 aromatic carbocycles. The number of aromatic nitrogens is 2. The summed E-state index contributed by atoms with van der Waals surface area (Å²) in [5.41, 5.74) is 0.854. The predicted octanol–water partition coefficient (Wildman–Crippen LogP) is 2.35. The highest BCUT2D eigenvalue weighted by Gasteiger charge is 2.20. The first kappa shape index (κ1) is 13.5. The SMILES string of the molecule is O[C@H]1CCCN(Cc2nnc(-c3ccc(Cl)cc3)o2)C1. The van der Waals surface area contributed by atoms with E-state index in [2.05, 4.69) is 15.1 Å². The average Bonchev–Trinajstić information content (AvgIpc) is 2.88. The number of benzene rings is 1. The van der Waals surface area contributed by atoms with Crippen LogP contribution in [0, 0.1) is 0 Å². The molecular weight excluding hydrogens is 278 g/mol. The second-order valence-corrected chi connectivity index (χ2v) is 5.48. The van der Waals surface area contributed by atoms with Crippen LogP contribution in [-0.4, -0.2) is 39.4 Å². The summed E-state index contributed by atoms with van der Waals surface area (Å²) in [5.74, 6) is 1.07. The largest absolute Gasteiger partial charge is 0.419 e. The molecule has 1 atom stereocenters. The molecule has 6 heteroatoms. The van der Waals surface area contributed by atoms with E-state index in [4.69, 9.17) is 16.0 Å². The van der Waals surface area contributed by atoms with E-state index >= 15 is 0 Å². The molecule has 1 aliphatic rings. The molecule has 2 aromatic rings. The molecule has 5 nitrogen and oxygen atoms in total. The lowest BCUT2D eigenvalue weighted by Gasteiger charge is -2.28. The van der Waals surface area contributed by atoms with Crippen LogP contribution >= 0.6 is 11.6 Å². The highest BCUT2D eigenvalue weighted by molar-refractivity contribution is 6.30. The number of aliphatic hydroxyl groups excluding tert-OH is 1. The van der Waals surface area contributed by atoms with Gasteiger partial charge in [0.15, 0.2) is 0 Å². The van der Waals surface area contributed by atoms with Gasteiger partial charge < -0.3 is 9.52 Å². The molecule has 106 valence electrons. The van der Waals surface area contributed by atoms with Gasteiger partial charge in [-0.15, -0.1) is 10.2 Å². The number of β-amino-alcohol motifs (C(OH)–C–C–N with tert-alkyl or cyclic N) is 1. The molecule has 1 aliphatic heterocycles. The third kappa shape index (κ3) is 3.17. The molecule has 1 aromatic heterocycles. The Labute approximate surface area is 122 Å². The van der Waals surface area contributed by atoms with Gasteiger partial charge in [-0.2, -0.15) is 0 Å². The molecule has 1 N–H and O–H groups in total. The normalized spacial score (nSPS) is 20.2. The van der Waals surface area contributed by atoms with Crippen LogP contribution in [0.3, 0.4) is 0 Å². The van der Waals surface area contributed by atoms with Crippen LogP contribution in [0.4, 0.5) is 0 Å². The average molecular weight is 294 g/mol. The van der Waals surface area contributed by atoms with E-state index in [9.17, 15) is 5.11 Å². The summed E-state index contributed by atoms with van der Waals surface area (Å²) in [5, 5.41) is 18.4. The van der Waals surface area contributed by atoms with E-state index in [-0.39, 0.29) is 6.10 Å². The number of hydrogen-bond acceptors (Lipinski definition) is 5. The van der Waals surface area contributed by atoms with Crippen molar-refractivity contribution in [1.29, 1.82) is 0 Å². The van der Waals surface area contributed by atoms with Crippen LogP contribution in [0.15, 0.2) is 28.7 Å². The zero-order valence-corrected chi connectivity index (χ0v) is 11.8. The minimum atomic E-state index is -0.248. The first-order chi connectivity index (χ1) is 9.70. The van der Waals surface area contributed by atoms with Gasteiger partial charge in [0.2, 0.25) is 11.8 Å². The number of nitrogens with zero attached hydrogens (tertiary/aromatic N) is 3. The minimum Gasteiger partial charge on any atom is -0.419 e. The van der Waals surface area contributed by atoms with Crippen molar-refractivity contribution in [2.45, 2.75) is 25.5 Å². The third-order valence-corrected chi connectivity index (χ3v) is 3.65. The summed E-state index contributed by atoms with van der Waals surface area (Å²) < 4.78 is 5.66. The molecule has 0 radical (unpaired) electrons. The number of halogens is 1. The van der Waals surface area contributed by atoms with Crippen LogP contribution in [0.5, 0.6) is 0 Å². The van der Waals surface area contributed by atoms with E-state index in [0.29, 0.717) is 29.9 Å². The Morgan fingerprint density at radius 3 is 2.85 bits per heavy atom. The van der Waals surface area contributed by atoms with Gasteiger partial charge in [-0.1, -0.05) is 11.6 Å².